The molecule has 0 amide bonds. The molecule has 1 aliphatic rings. The summed E-state index contributed by atoms with van der Waals surface area (Å²) in [5, 5.41) is 8.80. The van der Waals surface area contributed by atoms with Crippen LogP contribution in [0.1, 0.15) is 32.3 Å². The molecule has 0 atom stereocenters. The van der Waals surface area contributed by atoms with Gasteiger partial charge in [0.1, 0.15) is 5.75 Å². The van der Waals surface area contributed by atoms with Crippen LogP contribution in [0.5, 0.6) is 5.75 Å². The van der Waals surface area contributed by atoms with Crippen LogP contribution in [0.15, 0.2) is 65.6 Å². The van der Waals surface area contributed by atoms with E-state index in [0.717, 1.165) is 36.3 Å². The van der Waals surface area contributed by atoms with Crippen LogP contribution in [0.3, 0.4) is 0 Å². The second-order valence-corrected chi connectivity index (χ2v) is 10.3. The monoisotopic (exact) mass is 480 g/mol. The van der Waals surface area contributed by atoms with Crippen molar-refractivity contribution in [2.45, 2.75) is 38.0 Å². The number of anilines is 1. The van der Waals surface area contributed by atoms with Crippen LogP contribution < -0.4 is 9.64 Å². The summed E-state index contributed by atoms with van der Waals surface area (Å²) in [4.78, 5) is 2.37. The Morgan fingerprint density at radius 2 is 1.56 bits per heavy atom. The van der Waals surface area contributed by atoms with Gasteiger partial charge in [-0.3, -0.25) is 0 Å². The van der Waals surface area contributed by atoms with Gasteiger partial charge in [0.15, 0.2) is 5.82 Å². The van der Waals surface area contributed by atoms with Crippen molar-refractivity contribution in [3.05, 3.63) is 66.2 Å². The SMILES string of the molecule is CCCCOc1ccc(S(=O)(=O)N2CCN(c3ccc(-c4ccc(CC)cc4)nn3)CC2)cc1. The molecule has 1 saturated heterocycles. The molecule has 8 heteroatoms. The lowest BCUT2D eigenvalue weighted by molar-refractivity contribution is 0.309. The average Bonchev–Trinajstić information content (AvgIpc) is 2.89. The minimum Gasteiger partial charge on any atom is -0.494 e. The number of nitrogens with zero attached hydrogens (tertiary/aromatic N) is 4. The zero-order valence-electron chi connectivity index (χ0n) is 19.9. The fraction of sp³-hybridized carbons (Fsp3) is 0.385. The summed E-state index contributed by atoms with van der Waals surface area (Å²) in [5.41, 5.74) is 3.15. The zero-order valence-corrected chi connectivity index (χ0v) is 20.7. The van der Waals surface area contributed by atoms with Crippen LogP contribution in [0.2, 0.25) is 0 Å². The maximum absolute atomic E-state index is 13.1. The lowest BCUT2D eigenvalue weighted by Gasteiger charge is -2.34. The minimum absolute atomic E-state index is 0.294. The number of sulfonamides is 1. The van der Waals surface area contributed by atoms with Crippen LogP contribution in [0, 0.1) is 0 Å². The molecule has 3 aromatic rings. The largest absolute Gasteiger partial charge is 0.494 e. The maximum Gasteiger partial charge on any atom is 0.243 e. The number of ether oxygens (including phenoxy) is 1. The molecule has 4 rings (SSSR count). The van der Waals surface area contributed by atoms with E-state index in [9.17, 15) is 8.42 Å². The lowest BCUT2D eigenvalue weighted by atomic mass is 10.1. The van der Waals surface area contributed by atoms with Crippen LogP contribution in [0.4, 0.5) is 5.82 Å². The molecule has 2 heterocycles. The standard InChI is InChI=1S/C26H32N4O3S/c1-3-5-20-33-23-10-12-24(13-11-23)34(31,32)30-18-16-29(17-19-30)26-15-14-25(27-28-26)22-8-6-21(4-2)7-9-22/h6-15H,3-5,16-20H2,1-2H3. The van der Waals surface area contributed by atoms with Crippen molar-refractivity contribution < 1.29 is 13.2 Å². The van der Waals surface area contributed by atoms with Crippen molar-refractivity contribution in [1.29, 1.82) is 0 Å². The highest BCUT2D eigenvalue weighted by atomic mass is 32.2. The molecule has 1 fully saturated rings. The smallest absolute Gasteiger partial charge is 0.243 e. The van der Waals surface area contributed by atoms with Crippen LogP contribution in [-0.4, -0.2) is 55.7 Å². The van der Waals surface area contributed by atoms with Gasteiger partial charge in [0.25, 0.3) is 0 Å². The Hall–Kier alpha value is -2.97. The van der Waals surface area contributed by atoms with Crippen molar-refractivity contribution >= 4 is 15.8 Å². The minimum atomic E-state index is -3.54. The van der Waals surface area contributed by atoms with Gasteiger partial charge >= 0.3 is 0 Å². The molecule has 7 nitrogen and oxygen atoms in total. The number of hydrogen-bond acceptors (Lipinski definition) is 6. The number of rotatable bonds is 9. The fourth-order valence-corrected chi connectivity index (χ4v) is 5.33. The summed E-state index contributed by atoms with van der Waals surface area (Å²) in [6.45, 7) is 6.81. The Kier molecular flexibility index (Phi) is 7.80. The van der Waals surface area contributed by atoms with Gasteiger partial charge < -0.3 is 9.64 Å². The molecule has 0 spiro atoms. The molecule has 0 N–H and O–H groups in total. The van der Waals surface area contributed by atoms with Gasteiger partial charge in [0, 0.05) is 31.7 Å². The second kappa shape index (κ2) is 11.0. The Labute approximate surface area is 202 Å². The van der Waals surface area contributed by atoms with Crippen LogP contribution >= 0.6 is 0 Å². The summed E-state index contributed by atoms with van der Waals surface area (Å²) < 4.78 is 33.4. The molecule has 0 unspecified atom stereocenters. The topological polar surface area (TPSA) is 75.6 Å². The Morgan fingerprint density at radius 1 is 0.853 bits per heavy atom. The number of hydrogen-bond donors (Lipinski definition) is 0. The van der Waals surface area contributed by atoms with E-state index in [0.29, 0.717) is 43.4 Å². The number of aromatic nitrogens is 2. The molecule has 180 valence electrons. The van der Waals surface area contributed by atoms with Crippen LogP contribution in [0.25, 0.3) is 11.3 Å². The zero-order chi connectivity index (χ0) is 24.0. The predicted molar refractivity (Wildman–Crippen MR) is 135 cm³/mol. The second-order valence-electron chi connectivity index (χ2n) is 8.39. The molecule has 1 aliphatic heterocycles. The summed E-state index contributed by atoms with van der Waals surface area (Å²) in [6.07, 6.45) is 3.04. The first-order valence-corrected chi connectivity index (χ1v) is 13.4. The fourth-order valence-electron chi connectivity index (χ4n) is 3.91. The first kappa shape index (κ1) is 24.2. The Morgan fingerprint density at radius 3 is 2.15 bits per heavy atom. The van der Waals surface area contributed by atoms with E-state index in [4.69, 9.17) is 4.74 Å². The average molecular weight is 481 g/mol. The summed E-state index contributed by atoms with van der Waals surface area (Å²) in [7, 11) is -3.54. The molecule has 0 aliphatic carbocycles. The maximum atomic E-state index is 13.1. The molecular weight excluding hydrogens is 448 g/mol. The van der Waals surface area contributed by atoms with Crippen molar-refractivity contribution in [3.63, 3.8) is 0 Å². The van der Waals surface area contributed by atoms with Crippen molar-refractivity contribution in [2.75, 3.05) is 37.7 Å². The number of aryl methyl sites for hydroxylation is 1. The number of piperazine rings is 1. The molecule has 1 aromatic heterocycles. The predicted octanol–water partition coefficient (Wildman–Crippen LogP) is 4.40. The van der Waals surface area contributed by atoms with E-state index in [1.54, 1.807) is 24.3 Å². The van der Waals surface area contributed by atoms with E-state index in [1.165, 1.54) is 9.87 Å². The lowest BCUT2D eigenvalue weighted by Crippen LogP contribution is -2.48. The molecular formula is C26H32N4O3S. The molecule has 2 aromatic carbocycles. The van der Waals surface area contributed by atoms with Crippen molar-refractivity contribution in [3.8, 4) is 17.0 Å². The highest BCUT2D eigenvalue weighted by Gasteiger charge is 2.29. The highest BCUT2D eigenvalue weighted by Crippen LogP contribution is 2.23. The third-order valence-corrected chi connectivity index (χ3v) is 8.01. The van der Waals surface area contributed by atoms with Gasteiger partial charge in [-0.25, -0.2) is 8.42 Å². The van der Waals surface area contributed by atoms with Gasteiger partial charge in [0.05, 0.1) is 17.2 Å². The summed E-state index contributed by atoms with van der Waals surface area (Å²) in [6, 6.07) is 19.0. The Balaban J connectivity index is 1.35. The summed E-state index contributed by atoms with van der Waals surface area (Å²) in [5.74, 6) is 1.46. The molecule has 0 saturated carbocycles. The Bertz CT molecular complexity index is 1160. The van der Waals surface area contributed by atoms with E-state index in [2.05, 4.69) is 53.2 Å². The van der Waals surface area contributed by atoms with Gasteiger partial charge in [-0.2, -0.15) is 4.31 Å². The first-order chi connectivity index (χ1) is 16.5. The molecule has 0 bridgehead atoms. The normalized spacial score (nSPS) is 14.8. The van der Waals surface area contributed by atoms with E-state index in [-0.39, 0.29) is 0 Å². The van der Waals surface area contributed by atoms with E-state index in [1.807, 2.05) is 12.1 Å². The van der Waals surface area contributed by atoms with Crippen molar-refractivity contribution in [2.24, 2.45) is 0 Å². The summed E-state index contributed by atoms with van der Waals surface area (Å²) >= 11 is 0. The molecule has 34 heavy (non-hydrogen) atoms. The van der Waals surface area contributed by atoms with Gasteiger partial charge in [-0.15, -0.1) is 10.2 Å². The van der Waals surface area contributed by atoms with E-state index < -0.39 is 10.0 Å². The third-order valence-electron chi connectivity index (χ3n) is 6.10. The van der Waals surface area contributed by atoms with Crippen LogP contribution in [-0.2, 0) is 16.4 Å². The number of unbranched alkanes of at least 4 members (excludes halogenated alkanes) is 1. The van der Waals surface area contributed by atoms with Gasteiger partial charge in [-0.1, -0.05) is 44.5 Å². The first-order valence-electron chi connectivity index (χ1n) is 11.9. The van der Waals surface area contributed by atoms with Crippen molar-refractivity contribution in [1.82, 2.24) is 14.5 Å². The molecule has 0 radical (unpaired) electrons. The third kappa shape index (κ3) is 5.56. The number of benzene rings is 2. The van der Waals surface area contributed by atoms with E-state index >= 15 is 0 Å². The van der Waals surface area contributed by atoms with Gasteiger partial charge in [-0.05, 0) is 54.8 Å². The van der Waals surface area contributed by atoms with Gasteiger partial charge in [0.2, 0.25) is 10.0 Å². The highest BCUT2D eigenvalue weighted by molar-refractivity contribution is 7.89. The quantitative estimate of drug-likeness (QED) is 0.423.